The molecule has 120 valence electrons. The van der Waals surface area contributed by atoms with Crippen molar-refractivity contribution in [2.75, 3.05) is 39.3 Å². The normalized spacial score (nSPS) is 30.0. The number of carbonyl (C=O) groups is 1. The van der Waals surface area contributed by atoms with Gasteiger partial charge in [-0.1, -0.05) is 0 Å². The Morgan fingerprint density at radius 2 is 2.00 bits per heavy atom. The monoisotopic (exact) mass is 295 g/mol. The van der Waals surface area contributed by atoms with E-state index < -0.39 is 0 Å². The van der Waals surface area contributed by atoms with Crippen molar-refractivity contribution in [3.05, 3.63) is 0 Å². The third-order valence-electron chi connectivity index (χ3n) is 5.28. The van der Waals surface area contributed by atoms with E-state index in [1.165, 1.54) is 19.3 Å². The number of nitrogens with zero attached hydrogens (tertiary/aromatic N) is 2. The van der Waals surface area contributed by atoms with Gasteiger partial charge in [-0.15, -0.1) is 0 Å². The molecule has 3 aliphatic rings. The van der Waals surface area contributed by atoms with Crippen LogP contribution in [0.2, 0.25) is 0 Å². The zero-order valence-corrected chi connectivity index (χ0v) is 13.1. The molecule has 0 aromatic heterocycles. The molecule has 1 amide bonds. The van der Waals surface area contributed by atoms with Crippen molar-refractivity contribution in [2.45, 2.75) is 56.6 Å². The van der Waals surface area contributed by atoms with E-state index in [0.717, 1.165) is 58.6 Å². The topological polar surface area (TPSA) is 58.8 Å². The van der Waals surface area contributed by atoms with Gasteiger partial charge in [0.05, 0.1) is 6.10 Å². The van der Waals surface area contributed by atoms with Gasteiger partial charge in [0.2, 0.25) is 5.91 Å². The van der Waals surface area contributed by atoms with Gasteiger partial charge >= 0.3 is 0 Å². The van der Waals surface area contributed by atoms with E-state index in [2.05, 4.69) is 4.90 Å². The first-order valence-corrected chi connectivity index (χ1v) is 8.55. The van der Waals surface area contributed by atoms with Crippen LogP contribution in [0.4, 0.5) is 0 Å². The van der Waals surface area contributed by atoms with Crippen LogP contribution in [0, 0.1) is 0 Å². The molecule has 0 aromatic rings. The molecule has 1 aliphatic carbocycles. The summed E-state index contributed by atoms with van der Waals surface area (Å²) in [6.45, 7) is 5.74. The number of nitrogens with two attached hydrogens (primary N) is 1. The van der Waals surface area contributed by atoms with Crippen molar-refractivity contribution in [2.24, 2.45) is 5.73 Å². The van der Waals surface area contributed by atoms with Gasteiger partial charge in [-0.25, -0.2) is 0 Å². The maximum absolute atomic E-state index is 12.4. The smallest absolute Gasteiger partial charge is 0.224 e. The van der Waals surface area contributed by atoms with Crippen LogP contribution in [-0.4, -0.2) is 66.7 Å². The third kappa shape index (κ3) is 3.96. The van der Waals surface area contributed by atoms with E-state index in [9.17, 15) is 4.79 Å². The first-order valence-electron chi connectivity index (χ1n) is 8.55. The molecule has 21 heavy (non-hydrogen) atoms. The van der Waals surface area contributed by atoms with Crippen LogP contribution in [0.25, 0.3) is 0 Å². The highest BCUT2D eigenvalue weighted by Crippen LogP contribution is 2.32. The largest absolute Gasteiger partial charge is 0.377 e. The summed E-state index contributed by atoms with van der Waals surface area (Å²) >= 11 is 0. The quantitative estimate of drug-likeness (QED) is 0.839. The molecule has 5 nitrogen and oxygen atoms in total. The molecular formula is C16H29N3O2. The highest BCUT2D eigenvalue weighted by Gasteiger charge is 2.36. The Hall–Kier alpha value is -0.650. The molecule has 1 saturated carbocycles. The van der Waals surface area contributed by atoms with Gasteiger partial charge < -0.3 is 15.4 Å². The Morgan fingerprint density at radius 1 is 1.14 bits per heavy atom. The lowest BCUT2D eigenvalue weighted by Gasteiger charge is -2.38. The third-order valence-corrected chi connectivity index (χ3v) is 5.28. The van der Waals surface area contributed by atoms with Crippen molar-refractivity contribution in [3.63, 3.8) is 0 Å². The fourth-order valence-corrected chi connectivity index (χ4v) is 3.70. The molecule has 2 heterocycles. The van der Waals surface area contributed by atoms with E-state index >= 15 is 0 Å². The van der Waals surface area contributed by atoms with Crippen LogP contribution < -0.4 is 5.73 Å². The van der Waals surface area contributed by atoms with Gasteiger partial charge in [-0.2, -0.15) is 0 Å². The summed E-state index contributed by atoms with van der Waals surface area (Å²) in [6.07, 6.45) is 7.61. The molecule has 2 aliphatic heterocycles. The summed E-state index contributed by atoms with van der Waals surface area (Å²) in [5.74, 6) is 0.260. The summed E-state index contributed by atoms with van der Waals surface area (Å²) < 4.78 is 5.72. The lowest BCUT2D eigenvalue weighted by atomic mass is 9.75. The Balaban J connectivity index is 1.44. The summed E-state index contributed by atoms with van der Waals surface area (Å²) in [7, 11) is 0. The van der Waals surface area contributed by atoms with E-state index in [-0.39, 0.29) is 11.4 Å². The minimum Gasteiger partial charge on any atom is -0.377 e. The predicted octanol–water partition coefficient (Wildman–Crippen LogP) is 0.971. The van der Waals surface area contributed by atoms with E-state index in [1.807, 2.05) is 4.90 Å². The molecule has 0 spiro atoms. The Bertz CT molecular complexity index is 365. The van der Waals surface area contributed by atoms with Crippen molar-refractivity contribution >= 4 is 5.91 Å². The van der Waals surface area contributed by atoms with E-state index in [1.54, 1.807) is 0 Å². The minimum absolute atomic E-state index is 0.194. The second kappa shape index (κ2) is 6.63. The second-order valence-corrected chi connectivity index (χ2v) is 7.06. The number of amides is 1. The van der Waals surface area contributed by atoms with Gasteiger partial charge in [0.25, 0.3) is 0 Å². The summed E-state index contributed by atoms with van der Waals surface area (Å²) in [5, 5.41) is 0. The molecule has 0 radical (unpaired) electrons. The van der Waals surface area contributed by atoms with Crippen LogP contribution in [-0.2, 0) is 9.53 Å². The predicted molar refractivity (Wildman–Crippen MR) is 82.0 cm³/mol. The van der Waals surface area contributed by atoms with Crippen molar-refractivity contribution in [1.29, 1.82) is 0 Å². The molecule has 0 aromatic carbocycles. The van der Waals surface area contributed by atoms with Crippen LogP contribution in [0.3, 0.4) is 0 Å². The molecule has 2 saturated heterocycles. The number of carbonyl (C=O) groups excluding carboxylic acids is 1. The first-order chi connectivity index (χ1) is 10.1. The van der Waals surface area contributed by atoms with Gasteiger partial charge in [-0.05, 0) is 45.1 Å². The SMILES string of the molecule is NC1(CC(=O)N2CCCN(CC3CCCO3)CC2)CCC1. The second-order valence-electron chi connectivity index (χ2n) is 7.06. The number of ether oxygens (including phenoxy) is 1. The fourth-order valence-electron chi connectivity index (χ4n) is 3.70. The van der Waals surface area contributed by atoms with Gasteiger partial charge in [0.15, 0.2) is 0 Å². The van der Waals surface area contributed by atoms with Gasteiger partial charge in [0.1, 0.15) is 0 Å². The Labute approximate surface area is 127 Å². The number of hydrogen-bond donors (Lipinski definition) is 1. The van der Waals surface area contributed by atoms with Crippen molar-refractivity contribution in [1.82, 2.24) is 9.80 Å². The lowest BCUT2D eigenvalue weighted by Crippen LogP contribution is -2.51. The summed E-state index contributed by atoms with van der Waals surface area (Å²) in [5.41, 5.74) is 6.02. The molecule has 0 bridgehead atoms. The molecule has 3 rings (SSSR count). The zero-order valence-electron chi connectivity index (χ0n) is 13.1. The standard InChI is InChI=1S/C16H29N3O2/c17-16(5-2-6-16)12-15(20)19-8-3-7-18(9-10-19)13-14-4-1-11-21-14/h14H,1-13,17H2. The molecule has 5 heteroatoms. The Morgan fingerprint density at radius 3 is 2.67 bits per heavy atom. The highest BCUT2D eigenvalue weighted by molar-refractivity contribution is 5.77. The fraction of sp³-hybridized carbons (Fsp3) is 0.938. The van der Waals surface area contributed by atoms with Gasteiger partial charge in [-0.3, -0.25) is 9.69 Å². The van der Waals surface area contributed by atoms with Crippen LogP contribution >= 0.6 is 0 Å². The maximum atomic E-state index is 12.4. The van der Waals surface area contributed by atoms with Crippen LogP contribution in [0.1, 0.15) is 44.9 Å². The zero-order chi connectivity index (χ0) is 14.7. The number of hydrogen-bond acceptors (Lipinski definition) is 4. The average Bonchev–Trinajstić information content (AvgIpc) is 2.81. The van der Waals surface area contributed by atoms with E-state index in [0.29, 0.717) is 12.5 Å². The molecule has 1 atom stereocenters. The van der Waals surface area contributed by atoms with Crippen molar-refractivity contribution < 1.29 is 9.53 Å². The van der Waals surface area contributed by atoms with Crippen LogP contribution in [0.15, 0.2) is 0 Å². The highest BCUT2D eigenvalue weighted by atomic mass is 16.5. The summed E-state index contributed by atoms with van der Waals surface area (Å²) in [6, 6.07) is 0. The van der Waals surface area contributed by atoms with E-state index in [4.69, 9.17) is 10.5 Å². The average molecular weight is 295 g/mol. The Kier molecular flexibility index (Phi) is 4.82. The first kappa shape index (κ1) is 15.3. The molecule has 2 N–H and O–H groups in total. The molecular weight excluding hydrogens is 266 g/mol. The van der Waals surface area contributed by atoms with Crippen LogP contribution in [0.5, 0.6) is 0 Å². The van der Waals surface area contributed by atoms with Crippen molar-refractivity contribution in [3.8, 4) is 0 Å². The molecule has 3 fully saturated rings. The minimum atomic E-state index is -0.194. The number of rotatable bonds is 4. The molecule has 1 unspecified atom stereocenters. The lowest BCUT2D eigenvalue weighted by molar-refractivity contribution is -0.133. The maximum Gasteiger partial charge on any atom is 0.224 e. The van der Waals surface area contributed by atoms with Gasteiger partial charge in [0, 0.05) is 44.7 Å². The summed E-state index contributed by atoms with van der Waals surface area (Å²) in [4.78, 5) is 16.9.